The maximum atomic E-state index is 12.2. The first-order chi connectivity index (χ1) is 10.5. The first-order valence-corrected chi connectivity index (χ1v) is 7.04. The second-order valence-corrected chi connectivity index (χ2v) is 5.20. The number of anilines is 1. The molecule has 1 N–H and O–H groups in total. The Bertz CT molecular complexity index is 715. The number of nitriles is 1. The fourth-order valence-corrected chi connectivity index (χ4v) is 2.05. The van der Waals surface area contributed by atoms with Gasteiger partial charge in [-0.2, -0.15) is 5.26 Å². The standard InChI is InChI=1S/C18H18N2O2/c1-12-4-9-17(13(2)10-12)20-18(21)14(3)22-16-7-5-15(11-19)6-8-16/h4-10,14H,1-3H3,(H,20,21). The zero-order valence-corrected chi connectivity index (χ0v) is 12.9. The summed E-state index contributed by atoms with van der Waals surface area (Å²) in [5, 5.41) is 11.6. The lowest BCUT2D eigenvalue weighted by Crippen LogP contribution is -2.30. The van der Waals surface area contributed by atoms with Crippen molar-refractivity contribution in [2.24, 2.45) is 0 Å². The molecule has 22 heavy (non-hydrogen) atoms. The lowest BCUT2D eigenvalue weighted by atomic mass is 10.1. The third-order valence-electron chi connectivity index (χ3n) is 3.31. The molecule has 1 amide bonds. The molecule has 2 rings (SSSR count). The molecule has 1 atom stereocenters. The maximum Gasteiger partial charge on any atom is 0.265 e. The van der Waals surface area contributed by atoms with Crippen molar-refractivity contribution in [1.82, 2.24) is 0 Å². The van der Waals surface area contributed by atoms with Crippen LogP contribution in [0.15, 0.2) is 42.5 Å². The molecule has 0 aliphatic rings. The van der Waals surface area contributed by atoms with Crippen LogP contribution in [0.5, 0.6) is 5.75 Å². The van der Waals surface area contributed by atoms with Crippen molar-refractivity contribution >= 4 is 11.6 Å². The van der Waals surface area contributed by atoms with E-state index in [9.17, 15) is 4.79 Å². The Morgan fingerprint density at radius 3 is 2.45 bits per heavy atom. The minimum Gasteiger partial charge on any atom is -0.481 e. The van der Waals surface area contributed by atoms with E-state index in [0.29, 0.717) is 11.3 Å². The topological polar surface area (TPSA) is 62.1 Å². The fourth-order valence-electron chi connectivity index (χ4n) is 2.05. The summed E-state index contributed by atoms with van der Waals surface area (Å²) in [6.45, 7) is 5.65. The molecule has 1 unspecified atom stereocenters. The van der Waals surface area contributed by atoms with E-state index >= 15 is 0 Å². The summed E-state index contributed by atoms with van der Waals surface area (Å²) in [5.41, 5.74) is 3.50. The van der Waals surface area contributed by atoms with Crippen molar-refractivity contribution in [3.63, 3.8) is 0 Å². The van der Waals surface area contributed by atoms with Crippen LogP contribution in [-0.2, 0) is 4.79 Å². The van der Waals surface area contributed by atoms with Gasteiger partial charge in [-0.05, 0) is 56.7 Å². The van der Waals surface area contributed by atoms with E-state index in [1.807, 2.05) is 38.1 Å². The number of ether oxygens (including phenoxy) is 1. The van der Waals surface area contributed by atoms with Crippen LogP contribution in [0.4, 0.5) is 5.69 Å². The van der Waals surface area contributed by atoms with Crippen molar-refractivity contribution in [3.05, 3.63) is 59.2 Å². The minimum absolute atomic E-state index is 0.212. The Labute approximate surface area is 130 Å². The number of benzene rings is 2. The highest BCUT2D eigenvalue weighted by molar-refractivity contribution is 5.94. The van der Waals surface area contributed by atoms with Crippen LogP contribution in [-0.4, -0.2) is 12.0 Å². The summed E-state index contributed by atoms with van der Waals surface area (Å²) in [7, 11) is 0. The smallest absolute Gasteiger partial charge is 0.265 e. The summed E-state index contributed by atoms with van der Waals surface area (Å²) < 4.78 is 5.59. The van der Waals surface area contributed by atoms with Crippen molar-refractivity contribution in [2.75, 3.05) is 5.32 Å². The van der Waals surface area contributed by atoms with Crippen molar-refractivity contribution < 1.29 is 9.53 Å². The van der Waals surface area contributed by atoms with E-state index in [1.165, 1.54) is 0 Å². The van der Waals surface area contributed by atoms with Gasteiger partial charge < -0.3 is 10.1 Å². The van der Waals surface area contributed by atoms with Crippen LogP contribution in [0.3, 0.4) is 0 Å². The van der Waals surface area contributed by atoms with Crippen molar-refractivity contribution in [3.8, 4) is 11.8 Å². The van der Waals surface area contributed by atoms with Crippen molar-refractivity contribution in [1.29, 1.82) is 5.26 Å². The first kappa shape index (κ1) is 15.6. The molecule has 0 aliphatic carbocycles. The van der Waals surface area contributed by atoms with E-state index < -0.39 is 6.10 Å². The van der Waals surface area contributed by atoms with Gasteiger partial charge in [0.05, 0.1) is 11.6 Å². The van der Waals surface area contributed by atoms with E-state index in [1.54, 1.807) is 31.2 Å². The highest BCUT2D eigenvalue weighted by atomic mass is 16.5. The molecule has 0 saturated carbocycles. The number of nitrogens with zero attached hydrogens (tertiary/aromatic N) is 1. The van der Waals surface area contributed by atoms with Gasteiger partial charge in [0.15, 0.2) is 6.10 Å². The summed E-state index contributed by atoms with van der Waals surface area (Å²) >= 11 is 0. The molecule has 0 aliphatic heterocycles. The predicted octanol–water partition coefficient (Wildman–Crippen LogP) is 3.58. The van der Waals surface area contributed by atoms with E-state index in [2.05, 4.69) is 5.32 Å². The first-order valence-electron chi connectivity index (χ1n) is 7.04. The molecule has 112 valence electrons. The second-order valence-electron chi connectivity index (χ2n) is 5.20. The molecule has 4 heteroatoms. The van der Waals surface area contributed by atoms with Crippen LogP contribution >= 0.6 is 0 Å². The third-order valence-corrected chi connectivity index (χ3v) is 3.31. The number of rotatable bonds is 4. The van der Waals surface area contributed by atoms with Crippen LogP contribution in [0.1, 0.15) is 23.6 Å². The molecule has 0 bridgehead atoms. The monoisotopic (exact) mass is 294 g/mol. The van der Waals surface area contributed by atoms with Gasteiger partial charge in [-0.15, -0.1) is 0 Å². The maximum absolute atomic E-state index is 12.2. The van der Waals surface area contributed by atoms with Gasteiger partial charge >= 0.3 is 0 Å². The normalized spacial score (nSPS) is 11.4. The average molecular weight is 294 g/mol. The number of amides is 1. The Morgan fingerprint density at radius 2 is 1.86 bits per heavy atom. The molecule has 0 heterocycles. The predicted molar refractivity (Wildman–Crippen MR) is 85.8 cm³/mol. The fraction of sp³-hybridized carbons (Fsp3) is 0.222. The van der Waals surface area contributed by atoms with Crippen LogP contribution in [0.2, 0.25) is 0 Å². The Morgan fingerprint density at radius 1 is 1.18 bits per heavy atom. The van der Waals surface area contributed by atoms with Crippen LogP contribution in [0.25, 0.3) is 0 Å². The molecule has 4 nitrogen and oxygen atoms in total. The van der Waals surface area contributed by atoms with Gasteiger partial charge in [-0.1, -0.05) is 17.7 Å². The molecular weight excluding hydrogens is 276 g/mol. The molecule has 0 saturated heterocycles. The summed E-state index contributed by atoms with van der Waals surface area (Å²) in [4.78, 5) is 12.2. The largest absolute Gasteiger partial charge is 0.481 e. The number of carbonyl (C=O) groups excluding carboxylic acids is 1. The summed E-state index contributed by atoms with van der Waals surface area (Å²) in [6.07, 6.45) is -0.631. The molecule has 0 radical (unpaired) electrons. The summed E-state index contributed by atoms with van der Waals surface area (Å²) in [6, 6.07) is 14.6. The zero-order valence-electron chi connectivity index (χ0n) is 12.9. The Balaban J connectivity index is 2.01. The quantitative estimate of drug-likeness (QED) is 0.937. The number of carbonyl (C=O) groups is 1. The number of hydrogen-bond acceptors (Lipinski definition) is 3. The molecule has 2 aromatic rings. The van der Waals surface area contributed by atoms with E-state index in [-0.39, 0.29) is 5.91 Å². The van der Waals surface area contributed by atoms with Gasteiger partial charge in [0, 0.05) is 5.69 Å². The molecule has 0 aromatic heterocycles. The van der Waals surface area contributed by atoms with Gasteiger partial charge in [0.25, 0.3) is 5.91 Å². The molecular formula is C18H18N2O2. The van der Waals surface area contributed by atoms with Gasteiger partial charge in [-0.3, -0.25) is 4.79 Å². The van der Waals surface area contributed by atoms with Crippen molar-refractivity contribution in [2.45, 2.75) is 26.9 Å². The highest BCUT2D eigenvalue weighted by Crippen LogP contribution is 2.18. The minimum atomic E-state index is -0.631. The highest BCUT2D eigenvalue weighted by Gasteiger charge is 2.15. The van der Waals surface area contributed by atoms with E-state index in [4.69, 9.17) is 10.00 Å². The third kappa shape index (κ3) is 3.86. The van der Waals surface area contributed by atoms with Crippen LogP contribution in [0, 0.1) is 25.2 Å². The van der Waals surface area contributed by atoms with E-state index in [0.717, 1.165) is 16.8 Å². The molecule has 2 aromatic carbocycles. The van der Waals surface area contributed by atoms with Gasteiger partial charge in [-0.25, -0.2) is 0 Å². The Hall–Kier alpha value is -2.80. The SMILES string of the molecule is Cc1ccc(NC(=O)C(C)Oc2ccc(C#N)cc2)c(C)c1. The number of hydrogen-bond donors (Lipinski definition) is 1. The summed E-state index contributed by atoms with van der Waals surface area (Å²) in [5.74, 6) is 0.346. The zero-order chi connectivity index (χ0) is 16.1. The lowest BCUT2D eigenvalue weighted by molar-refractivity contribution is -0.122. The molecule has 0 fully saturated rings. The van der Waals surface area contributed by atoms with Gasteiger partial charge in [0.2, 0.25) is 0 Å². The lowest BCUT2D eigenvalue weighted by Gasteiger charge is -2.16. The molecule has 0 spiro atoms. The second kappa shape index (κ2) is 6.77. The Kier molecular flexibility index (Phi) is 4.80. The number of aryl methyl sites for hydroxylation is 2. The average Bonchev–Trinajstić information content (AvgIpc) is 2.50. The van der Waals surface area contributed by atoms with Gasteiger partial charge in [0.1, 0.15) is 5.75 Å². The van der Waals surface area contributed by atoms with Crippen LogP contribution < -0.4 is 10.1 Å². The number of nitrogens with one attached hydrogen (secondary N) is 1.